The average molecular weight is 1280 g/mol. The topological polar surface area (TPSA) is 242 Å². The molecule has 8 heterocycles. The van der Waals surface area contributed by atoms with Gasteiger partial charge in [-0.05, 0) is 104 Å². The zero-order chi connectivity index (χ0) is 62.7. The summed E-state index contributed by atoms with van der Waals surface area (Å²) in [6, 6.07) is 36.3. The molecule has 6 atom stereocenters. The van der Waals surface area contributed by atoms with Gasteiger partial charge in [-0.15, -0.1) is 0 Å². The number of ether oxygens (including phenoxy) is 10. The zero-order valence-corrected chi connectivity index (χ0v) is 53.5. The molecule has 4 aliphatic rings. The largest absolute Gasteiger partial charge is 0.492 e. The normalized spacial score (nSPS) is 20.1. The number of nitrogens with two attached hydrogens (primary N) is 1. The maximum atomic E-state index is 13.4. The molecule has 12 rings (SSSR count). The molecule has 0 radical (unpaired) electrons. The number of carbonyl (C=O) groups excluding carboxylic acids is 2. The highest BCUT2D eigenvalue weighted by Crippen LogP contribution is 2.38. The van der Waals surface area contributed by atoms with Gasteiger partial charge in [-0.25, -0.2) is 19.6 Å². The van der Waals surface area contributed by atoms with Crippen LogP contribution in [0, 0.1) is 0 Å². The van der Waals surface area contributed by atoms with E-state index in [1.807, 2.05) is 123 Å². The summed E-state index contributed by atoms with van der Waals surface area (Å²) in [5, 5.41) is 9.05. The Labute approximate surface area is 534 Å². The summed E-state index contributed by atoms with van der Waals surface area (Å²) in [6.07, 6.45) is 5.00. The Morgan fingerprint density at radius 3 is 2.16 bits per heavy atom. The molecule has 480 valence electrons. The molecule has 0 aliphatic carbocycles. The van der Waals surface area contributed by atoms with Crippen LogP contribution in [0.4, 0.5) is 5.82 Å². The summed E-state index contributed by atoms with van der Waals surface area (Å²) in [6.45, 7) is 12.1. The standard InChI is InChI=1S/C67H79ClN10O12Si/c1-91(2,3)37-36-83-43-77-53-38-52(68)60(73-65(53)74-67(77)90-55-41-87-62-54(40-86-63(55)62)89-58-13-7-8-30-85-58)46-16-14-44(15-17-46)45-18-22-49(23-19-45)84-33-28-70-56(79)26-31-81-34-35-82-32-27-57(80)76-29-9-10-48(39-76)78-66-59(64(69)71-42-72-66)61(75-78)47-20-24-51(25-21-47)88-50-11-5-4-6-12-50/h4-6,11-12,14-25,38,42,48,54-55,58,62-63H,7-10,13,26-37,39-41,43H2,1-3H3,(H,70,79)(H2,69,71,72)/t48-,54-,55-,58?,62-,63-/m1/s1. The number of nitrogens with zero attached hydrogens (tertiary/aromatic N) is 8. The lowest BCUT2D eigenvalue weighted by molar-refractivity contribution is -0.202. The minimum atomic E-state index is -1.34. The molecule has 24 heteroatoms. The predicted octanol–water partition coefficient (Wildman–Crippen LogP) is 10.5. The molecule has 91 heavy (non-hydrogen) atoms. The minimum absolute atomic E-state index is 0.00197. The van der Waals surface area contributed by atoms with E-state index in [1.54, 1.807) is 0 Å². The Morgan fingerprint density at radius 1 is 0.714 bits per heavy atom. The number of piperidine rings is 1. The SMILES string of the molecule is C[Si](C)(C)CCOCn1c(O[C@@H]2CO[C@H]3[C@@H]2OC[C@H]3OC2CCCCO2)nc2nc(-c3ccc(-c4ccc(OCCNC(=O)CCOCCOCCC(=O)N5CCC[C@@H](n6nc(-c7ccc(Oc8ccccc8)cc7)c7c(N)ncnc76)C5)cc4)cc3)c(Cl)cc21. The van der Waals surface area contributed by atoms with Gasteiger partial charge in [-0.3, -0.25) is 14.2 Å². The van der Waals surface area contributed by atoms with Gasteiger partial charge in [0.1, 0.15) is 66.7 Å². The Bertz CT molecular complexity index is 3720. The number of amides is 2. The number of hydrogen-bond donors (Lipinski definition) is 2. The maximum Gasteiger partial charge on any atom is 0.301 e. The second kappa shape index (κ2) is 29.8. The van der Waals surface area contributed by atoms with Crippen molar-refractivity contribution in [1.29, 1.82) is 0 Å². The van der Waals surface area contributed by atoms with Gasteiger partial charge in [0, 0.05) is 51.9 Å². The molecular formula is C67H79ClN10O12Si. The molecule has 0 bridgehead atoms. The van der Waals surface area contributed by atoms with Crippen molar-refractivity contribution >= 4 is 59.5 Å². The van der Waals surface area contributed by atoms with E-state index in [0.29, 0.717) is 128 Å². The van der Waals surface area contributed by atoms with Gasteiger partial charge < -0.3 is 63.3 Å². The molecule has 22 nitrogen and oxygen atoms in total. The minimum Gasteiger partial charge on any atom is -0.492 e. The van der Waals surface area contributed by atoms with Gasteiger partial charge in [0.15, 0.2) is 23.7 Å². The first kappa shape index (κ1) is 63.6. The van der Waals surface area contributed by atoms with Gasteiger partial charge in [0.05, 0.1) is 80.3 Å². The Hall–Kier alpha value is -7.58. The number of nitrogens with one attached hydrogen (secondary N) is 1. The number of hydrogen-bond acceptors (Lipinski definition) is 18. The molecule has 4 saturated heterocycles. The van der Waals surface area contributed by atoms with E-state index in [1.165, 1.54) is 6.33 Å². The van der Waals surface area contributed by atoms with E-state index in [2.05, 4.69) is 34.9 Å². The summed E-state index contributed by atoms with van der Waals surface area (Å²) in [5.74, 6) is 2.32. The van der Waals surface area contributed by atoms with Crippen LogP contribution in [0.2, 0.25) is 30.7 Å². The molecule has 4 fully saturated rings. The molecule has 8 aromatic rings. The van der Waals surface area contributed by atoms with E-state index in [-0.39, 0.29) is 75.2 Å². The van der Waals surface area contributed by atoms with Crippen LogP contribution in [0.1, 0.15) is 51.0 Å². The lowest BCUT2D eigenvalue weighted by atomic mass is 10.0. The zero-order valence-electron chi connectivity index (χ0n) is 51.7. The first-order valence-electron chi connectivity index (χ1n) is 31.5. The van der Waals surface area contributed by atoms with Crippen molar-refractivity contribution in [3.05, 3.63) is 121 Å². The van der Waals surface area contributed by atoms with E-state index in [0.717, 1.165) is 66.2 Å². The number of aromatic nitrogens is 7. The van der Waals surface area contributed by atoms with Gasteiger partial charge in [0.2, 0.25) is 11.8 Å². The number of halogens is 1. The highest BCUT2D eigenvalue weighted by molar-refractivity contribution is 6.76. The van der Waals surface area contributed by atoms with E-state index < -0.39 is 14.2 Å². The summed E-state index contributed by atoms with van der Waals surface area (Å²) < 4.78 is 64.6. The lowest BCUT2D eigenvalue weighted by Gasteiger charge is -2.33. The number of benzene rings is 4. The maximum absolute atomic E-state index is 13.4. The molecule has 3 N–H and O–H groups in total. The highest BCUT2D eigenvalue weighted by Gasteiger charge is 2.51. The van der Waals surface area contributed by atoms with Crippen LogP contribution >= 0.6 is 11.6 Å². The Morgan fingerprint density at radius 2 is 1.41 bits per heavy atom. The third kappa shape index (κ3) is 16.0. The van der Waals surface area contributed by atoms with Crippen molar-refractivity contribution in [2.75, 3.05) is 84.8 Å². The van der Waals surface area contributed by atoms with Crippen LogP contribution in [-0.2, 0) is 49.5 Å². The third-order valence-corrected chi connectivity index (χ3v) is 18.6. The summed E-state index contributed by atoms with van der Waals surface area (Å²) in [7, 11) is -1.34. The molecular weight excluding hydrogens is 1200 g/mol. The van der Waals surface area contributed by atoms with E-state index in [9.17, 15) is 9.59 Å². The number of imidazole rings is 1. The van der Waals surface area contributed by atoms with Crippen LogP contribution < -0.4 is 25.3 Å². The lowest BCUT2D eigenvalue weighted by Crippen LogP contribution is -2.41. The van der Waals surface area contributed by atoms with Crippen LogP contribution in [-0.4, -0.2) is 169 Å². The summed E-state index contributed by atoms with van der Waals surface area (Å²) in [4.78, 5) is 46.6. The average Bonchev–Trinajstić information content (AvgIpc) is 1.65. The van der Waals surface area contributed by atoms with Gasteiger partial charge >= 0.3 is 6.01 Å². The summed E-state index contributed by atoms with van der Waals surface area (Å²) in [5.41, 5.74) is 13.2. The molecule has 4 aromatic carbocycles. The molecule has 2 amide bonds. The molecule has 4 aromatic heterocycles. The van der Waals surface area contributed by atoms with Crippen molar-refractivity contribution in [2.45, 2.75) is 114 Å². The second-order valence-corrected chi connectivity index (χ2v) is 30.4. The molecule has 1 unspecified atom stereocenters. The molecule has 0 spiro atoms. The van der Waals surface area contributed by atoms with Crippen molar-refractivity contribution in [2.24, 2.45) is 0 Å². The van der Waals surface area contributed by atoms with Crippen LogP contribution in [0.3, 0.4) is 0 Å². The fraction of sp³-hybridized carbons (Fsp3) is 0.448. The Kier molecular flexibility index (Phi) is 20.8. The number of carbonyl (C=O) groups is 2. The van der Waals surface area contributed by atoms with Gasteiger partial charge in [0.25, 0.3) is 0 Å². The number of anilines is 1. The summed E-state index contributed by atoms with van der Waals surface area (Å²) >= 11 is 7.04. The van der Waals surface area contributed by atoms with Crippen molar-refractivity contribution in [3.8, 4) is 56.9 Å². The fourth-order valence-electron chi connectivity index (χ4n) is 11.7. The second-order valence-electron chi connectivity index (χ2n) is 24.4. The van der Waals surface area contributed by atoms with Crippen LogP contribution in [0.25, 0.3) is 55.8 Å². The van der Waals surface area contributed by atoms with Gasteiger partial charge in [-0.1, -0.05) is 85.8 Å². The van der Waals surface area contributed by atoms with Crippen LogP contribution in [0.5, 0.6) is 23.3 Å². The third-order valence-electron chi connectivity index (χ3n) is 16.6. The first-order valence-corrected chi connectivity index (χ1v) is 35.6. The number of fused-ring (bicyclic) bond motifs is 3. The number of likely N-dealkylation sites (tertiary alicyclic amines) is 1. The number of rotatable bonds is 28. The number of para-hydroxylation sites is 1. The molecule has 0 saturated carbocycles. The van der Waals surface area contributed by atoms with Crippen molar-refractivity contribution in [3.63, 3.8) is 0 Å². The van der Waals surface area contributed by atoms with E-state index >= 15 is 0 Å². The number of pyridine rings is 1. The molecule has 4 aliphatic heterocycles. The van der Waals surface area contributed by atoms with Gasteiger partial charge in [-0.2, -0.15) is 10.1 Å². The first-order chi connectivity index (χ1) is 44.4. The monoisotopic (exact) mass is 1280 g/mol. The smallest absolute Gasteiger partial charge is 0.301 e. The van der Waals surface area contributed by atoms with Crippen molar-refractivity contribution < 1.29 is 57.0 Å². The number of nitrogen functional groups attached to an aromatic ring is 1. The quantitative estimate of drug-likeness (QED) is 0.0342. The predicted molar refractivity (Wildman–Crippen MR) is 346 cm³/mol. The fourth-order valence-corrected chi connectivity index (χ4v) is 12.7. The van der Waals surface area contributed by atoms with Crippen molar-refractivity contribution in [1.82, 2.24) is 44.5 Å². The van der Waals surface area contributed by atoms with Crippen LogP contribution in [0.15, 0.2) is 116 Å². The Balaban J connectivity index is 0.550. The van der Waals surface area contributed by atoms with E-state index in [4.69, 9.17) is 79.8 Å². The highest BCUT2D eigenvalue weighted by atomic mass is 35.5.